The van der Waals surface area contributed by atoms with Crippen LogP contribution in [0.5, 0.6) is 0 Å². The highest BCUT2D eigenvalue weighted by Crippen LogP contribution is 2.34. The number of rotatable bonds is 4. The van der Waals surface area contributed by atoms with Crippen LogP contribution in [0.4, 0.5) is 0 Å². The van der Waals surface area contributed by atoms with E-state index in [0.717, 1.165) is 25.7 Å². The number of nitrogens with zero attached hydrogens (tertiary/aromatic N) is 3. The van der Waals surface area contributed by atoms with E-state index in [2.05, 4.69) is 15.5 Å². The highest BCUT2D eigenvalue weighted by molar-refractivity contribution is 5.78. The van der Waals surface area contributed by atoms with Gasteiger partial charge in [-0.3, -0.25) is 4.79 Å². The Morgan fingerprint density at radius 1 is 1.30 bits per heavy atom. The minimum Gasteiger partial charge on any atom is -0.342 e. The Balaban J connectivity index is 2.21. The van der Waals surface area contributed by atoms with E-state index in [1.807, 2.05) is 19.0 Å². The molecule has 1 saturated carbocycles. The predicted molar refractivity (Wildman–Crippen MR) is 75.1 cm³/mol. The number of hydrogen-bond donors (Lipinski definition) is 1. The smallest absolute Gasteiger partial charge is 0.234 e. The van der Waals surface area contributed by atoms with E-state index in [9.17, 15) is 4.79 Å². The number of aryl methyl sites for hydroxylation is 1. The van der Waals surface area contributed by atoms with E-state index in [1.165, 1.54) is 12.8 Å². The molecule has 0 aromatic carbocycles. The maximum absolute atomic E-state index is 12.2. The SMILES string of the molecule is Cc1nc(C2(NC(=O)CN(C)C)CCCCCC2)no1. The number of carbonyl (C=O) groups excluding carboxylic acids is 1. The topological polar surface area (TPSA) is 71.3 Å². The summed E-state index contributed by atoms with van der Waals surface area (Å²) in [7, 11) is 3.77. The molecule has 1 aromatic heterocycles. The summed E-state index contributed by atoms with van der Waals surface area (Å²) in [5.41, 5.74) is -0.457. The maximum Gasteiger partial charge on any atom is 0.234 e. The number of carbonyl (C=O) groups is 1. The molecule has 0 radical (unpaired) electrons. The Morgan fingerprint density at radius 2 is 1.95 bits per heavy atom. The van der Waals surface area contributed by atoms with Gasteiger partial charge in [-0.2, -0.15) is 4.98 Å². The molecule has 1 aliphatic rings. The molecule has 0 aliphatic heterocycles. The van der Waals surface area contributed by atoms with Crippen molar-refractivity contribution in [2.45, 2.75) is 51.0 Å². The number of hydrogen-bond acceptors (Lipinski definition) is 5. The van der Waals surface area contributed by atoms with Crippen LogP contribution in [0.25, 0.3) is 0 Å². The first-order chi connectivity index (χ1) is 9.52. The molecule has 0 unspecified atom stereocenters. The normalized spacial score (nSPS) is 18.8. The summed E-state index contributed by atoms with van der Waals surface area (Å²) in [6.07, 6.45) is 6.31. The first-order valence-electron chi connectivity index (χ1n) is 7.28. The zero-order valence-corrected chi connectivity index (χ0v) is 12.6. The van der Waals surface area contributed by atoms with Crippen LogP contribution in [0.1, 0.15) is 50.2 Å². The highest BCUT2D eigenvalue weighted by Gasteiger charge is 2.38. The van der Waals surface area contributed by atoms with Crippen LogP contribution in [-0.4, -0.2) is 41.6 Å². The summed E-state index contributed by atoms with van der Waals surface area (Å²) in [6, 6.07) is 0. The molecule has 1 amide bonds. The second-order valence-corrected chi connectivity index (χ2v) is 5.92. The van der Waals surface area contributed by atoms with Crippen LogP contribution >= 0.6 is 0 Å². The Kier molecular flexibility index (Phi) is 4.75. The van der Waals surface area contributed by atoms with E-state index < -0.39 is 5.54 Å². The fraction of sp³-hybridized carbons (Fsp3) is 0.786. The van der Waals surface area contributed by atoms with Crippen LogP contribution in [0.2, 0.25) is 0 Å². The average molecular weight is 280 g/mol. The molecular weight excluding hydrogens is 256 g/mol. The fourth-order valence-electron chi connectivity index (χ4n) is 2.82. The van der Waals surface area contributed by atoms with Crippen LogP contribution in [0.15, 0.2) is 4.52 Å². The highest BCUT2D eigenvalue weighted by atomic mass is 16.5. The molecule has 112 valence electrons. The molecule has 2 rings (SSSR count). The molecule has 0 saturated heterocycles. The third-order valence-corrected chi connectivity index (χ3v) is 3.75. The third kappa shape index (κ3) is 3.56. The third-order valence-electron chi connectivity index (χ3n) is 3.75. The molecule has 20 heavy (non-hydrogen) atoms. The molecule has 0 bridgehead atoms. The summed E-state index contributed by atoms with van der Waals surface area (Å²) >= 11 is 0. The van der Waals surface area contributed by atoms with E-state index in [4.69, 9.17) is 4.52 Å². The molecular formula is C14H24N4O2. The number of likely N-dealkylation sites (N-methyl/N-ethyl adjacent to an activating group) is 1. The van der Waals surface area contributed by atoms with Gasteiger partial charge in [-0.25, -0.2) is 0 Å². The standard InChI is InChI=1S/C14H24N4O2/c1-11-15-13(17-20-11)14(8-6-4-5-7-9-14)16-12(19)10-18(2)3/h4-10H2,1-3H3,(H,16,19). The van der Waals surface area contributed by atoms with Crippen LogP contribution in [0, 0.1) is 6.92 Å². The molecule has 1 heterocycles. The molecule has 0 atom stereocenters. The molecule has 0 spiro atoms. The van der Waals surface area contributed by atoms with Gasteiger partial charge in [-0.1, -0.05) is 30.8 Å². The zero-order chi connectivity index (χ0) is 14.6. The minimum absolute atomic E-state index is 0.0133. The zero-order valence-electron chi connectivity index (χ0n) is 12.6. The fourth-order valence-corrected chi connectivity index (χ4v) is 2.82. The van der Waals surface area contributed by atoms with Gasteiger partial charge in [0, 0.05) is 6.92 Å². The van der Waals surface area contributed by atoms with Crippen molar-refractivity contribution in [3.63, 3.8) is 0 Å². The van der Waals surface area contributed by atoms with Crippen LogP contribution in [0.3, 0.4) is 0 Å². The molecule has 6 nitrogen and oxygen atoms in total. The average Bonchev–Trinajstić information content (AvgIpc) is 2.66. The Hall–Kier alpha value is -1.43. The van der Waals surface area contributed by atoms with E-state index in [0.29, 0.717) is 18.3 Å². The van der Waals surface area contributed by atoms with E-state index in [-0.39, 0.29) is 5.91 Å². The van der Waals surface area contributed by atoms with Crippen molar-refractivity contribution in [1.29, 1.82) is 0 Å². The van der Waals surface area contributed by atoms with Crippen molar-refractivity contribution in [2.75, 3.05) is 20.6 Å². The van der Waals surface area contributed by atoms with Gasteiger partial charge in [0.1, 0.15) is 5.54 Å². The van der Waals surface area contributed by atoms with E-state index >= 15 is 0 Å². The van der Waals surface area contributed by atoms with Crippen molar-refractivity contribution in [3.8, 4) is 0 Å². The Bertz CT molecular complexity index is 448. The lowest BCUT2D eigenvalue weighted by Gasteiger charge is -2.31. The first-order valence-corrected chi connectivity index (χ1v) is 7.28. The summed E-state index contributed by atoms with van der Waals surface area (Å²) < 4.78 is 5.12. The van der Waals surface area contributed by atoms with Gasteiger partial charge in [0.15, 0.2) is 5.82 Å². The molecule has 1 aromatic rings. The minimum atomic E-state index is -0.457. The number of nitrogens with one attached hydrogen (secondary N) is 1. The lowest BCUT2D eigenvalue weighted by Crippen LogP contribution is -2.49. The quantitative estimate of drug-likeness (QED) is 0.848. The Labute approximate surface area is 119 Å². The lowest BCUT2D eigenvalue weighted by atomic mass is 9.89. The van der Waals surface area contributed by atoms with Gasteiger partial charge in [0.2, 0.25) is 11.8 Å². The second kappa shape index (κ2) is 6.35. The van der Waals surface area contributed by atoms with Crippen molar-refractivity contribution in [1.82, 2.24) is 20.4 Å². The van der Waals surface area contributed by atoms with Gasteiger partial charge in [-0.15, -0.1) is 0 Å². The van der Waals surface area contributed by atoms with Crippen molar-refractivity contribution in [2.24, 2.45) is 0 Å². The lowest BCUT2D eigenvalue weighted by molar-refractivity contribution is -0.124. The predicted octanol–water partition coefficient (Wildman–Crippen LogP) is 1.61. The van der Waals surface area contributed by atoms with Gasteiger partial charge in [-0.05, 0) is 26.9 Å². The summed E-state index contributed by atoms with van der Waals surface area (Å²) in [4.78, 5) is 18.4. The summed E-state index contributed by atoms with van der Waals surface area (Å²) in [5, 5.41) is 7.24. The van der Waals surface area contributed by atoms with E-state index in [1.54, 1.807) is 6.92 Å². The summed E-state index contributed by atoms with van der Waals surface area (Å²) in [6.45, 7) is 2.15. The van der Waals surface area contributed by atoms with Crippen molar-refractivity contribution in [3.05, 3.63) is 11.7 Å². The molecule has 1 fully saturated rings. The van der Waals surface area contributed by atoms with Crippen LogP contribution in [-0.2, 0) is 10.3 Å². The molecule has 1 aliphatic carbocycles. The largest absolute Gasteiger partial charge is 0.342 e. The van der Waals surface area contributed by atoms with Crippen molar-refractivity contribution < 1.29 is 9.32 Å². The van der Waals surface area contributed by atoms with Crippen molar-refractivity contribution >= 4 is 5.91 Å². The summed E-state index contributed by atoms with van der Waals surface area (Å²) in [5.74, 6) is 1.19. The van der Waals surface area contributed by atoms with Gasteiger partial charge < -0.3 is 14.7 Å². The number of aromatic nitrogens is 2. The van der Waals surface area contributed by atoms with Gasteiger partial charge in [0.05, 0.1) is 6.54 Å². The first kappa shape index (κ1) is 15.0. The van der Waals surface area contributed by atoms with Gasteiger partial charge >= 0.3 is 0 Å². The monoisotopic (exact) mass is 280 g/mol. The second-order valence-electron chi connectivity index (χ2n) is 5.92. The molecule has 6 heteroatoms. The van der Waals surface area contributed by atoms with Gasteiger partial charge in [0.25, 0.3) is 0 Å². The molecule has 1 N–H and O–H groups in total. The van der Waals surface area contributed by atoms with Crippen LogP contribution < -0.4 is 5.32 Å². The number of amides is 1. The Morgan fingerprint density at radius 3 is 2.45 bits per heavy atom. The maximum atomic E-state index is 12.2.